The van der Waals surface area contributed by atoms with E-state index >= 15 is 0 Å². The lowest BCUT2D eigenvalue weighted by Gasteiger charge is -2.40. The topological polar surface area (TPSA) is 137 Å². The molecule has 1 amide bonds. The predicted molar refractivity (Wildman–Crippen MR) is 147 cm³/mol. The first-order valence-electron chi connectivity index (χ1n) is 12.5. The number of nitrogens with one attached hydrogen (secondary N) is 1. The molecule has 1 aliphatic heterocycles. The molecule has 5 atom stereocenters. The second-order valence-corrected chi connectivity index (χ2v) is 10.5. The Bertz CT molecular complexity index is 1640. The van der Waals surface area contributed by atoms with Gasteiger partial charge in [-0.15, -0.1) is 11.3 Å². The van der Waals surface area contributed by atoms with E-state index in [0.29, 0.717) is 17.5 Å². The van der Waals surface area contributed by atoms with Gasteiger partial charge in [0.1, 0.15) is 29.4 Å². The predicted octanol–water partition coefficient (Wildman–Crippen LogP) is 2.50. The molecular formula is C29H27N3O6S. The van der Waals surface area contributed by atoms with Gasteiger partial charge in [-0.3, -0.25) is 4.79 Å². The summed E-state index contributed by atoms with van der Waals surface area (Å²) >= 11 is 1.52. The average Bonchev–Trinajstić information content (AvgIpc) is 3.61. The third-order valence-corrected chi connectivity index (χ3v) is 7.99. The lowest BCUT2D eigenvalue weighted by atomic mass is 9.96. The molecule has 10 heteroatoms. The average molecular weight is 546 g/mol. The largest absolute Gasteiger partial charge is 0.394 e. The van der Waals surface area contributed by atoms with E-state index in [9.17, 15) is 25.2 Å². The summed E-state index contributed by atoms with van der Waals surface area (Å²) in [5.74, 6) is -0.541. The Balaban J connectivity index is 1.37. The molecule has 1 saturated heterocycles. The first-order valence-corrected chi connectivity index (χ1v) is 13.4. The number of ether oxygens (including phenoxy) is 1. The Hall–Kier alpha value is -3.64. The molecule has 5 aromatic rings. The van der Waals surface area contributed by atoms with Crippen LogP contribution in [0.3, 0.4) is 0 Å². The van der Waals surface area contributed by atoms with Crippen molar-refractivity contribution in [3.8, 4) is 10.6 Å². The second-order valence-electron chi connectivity index (χ2n) is 9.65. The highest BCUT2D eigenvalue weighted by Gasteiger charge is 2.44. The van der Waals surface area contributed by atoms with Crippen LogP contribution in [0.25, 0.3) is 32.2 Å². The number of benzene rings is 3. The molecule has 0 spiro atoms. The van der Waals surface area contributed by atoms with Gasteiger partial charge in [0.25, 0.3) is 5.91 Å². The number of carbonyl (C=O) groups is 1. The van der Waals surface area contributed by atoms with Crippen LogP contribution in [0.5, 0.6) is 0 Å². The van der Waals surface area contributed by atoms with Gasteiger partial charge in [-0.2, -0.15) is 0 Å². The van der Waals surface area contributed by atoms with E-state index in [-0.39, 0.29) is 0 Å². The van der Waals surface area contributed by atoms with Gasteiger partial charge in [-0.1, -0.05) is 48.5 Å². The third kappa shape index (κ3) is 4.82. The van der Waals surface area contributed by atoms with Crippen molar-refractivity contribution in [2.45, 2.75) is 37.2 Å². The van der Waals surface area contributed by atoms with Crippen LogP contribution in [-0.4, -0.2) is 73.1 Å². The number of fused-ring (bicyclic) bond motifs is 2. The Kier molecular flexibility index (Phi) is 6.90. The Morgan fingerprint density at radius 3 is 2.62 bits per heavy atom. The van der Waals surface area contributed by atoms with Gasteiger partial charge < -0.3 is 35.0 Å². The smallest absolute Gasteiger partial charge is 0.253 e. The van der Waals surface area contributed by atoms with E-state index in [1.165, 1.54) is 11.3 Å². The van der Waals surface area contributed by atoms with Crippen molar-refractivity contribution < 1.29 is 30.0 Å². The maximum absolute atomic E-state index is 13.5. The highest BCUT2D eigenvalue weighted by atomic mass is 32.1. The summed E-state index contributed by atoms with van der Waals surface area (Å²) < 4.78 is 7.19. The Morgan fingerprint density at radius 1 is 1.03 bits per heavy atom. The Morgan fingerprint density at radius 2 is 1.85 bits per heavy atom. The monoisotopic (exact) mass is 545 g/mol. The Labute approximate surface area is 227 Å². The first-order chi connectivity index (χ1) is 18.9. The number of aromatic nitrogens is 2. The zero-order valence-electron chi connectivity index (χ0n) is 20.7. The van der Waals surface area contributed by atoms with Gasteiger partial charge in [0.2, 0.25) is 0 Å². The number of nitrogens with zero attached hydrogens (tertiary/aromatic N) is 2. The van der Waals surface area contributed by atoms with Crippen LogP contribution >= 0.6 is 11.3 Å². The van der Waals surface area contributed by atoms with Gasteiger partial charge in [0.05, 0.1) is 12.2 Å². The van der Waals surface area contributed by atoms with Crippen molar-refractivity contribution in [2.24, 2.45) is 0 Å². The molecule has 0 bridgehead atoms. The molecule has 5 N–H and O–H groups in total. The molecule has 0 aliphatic carbocycles. The maximum Gasteiger partial charge on any atom is 0.253 e. The zero-order chi connectivity index (χ0) is 27.1. The van der Waals surface area contributed by atoms with Crippen LogP contribution < -0.4 is 5.32 Å². The minimum absolute atomic E-state index is 0.342. The lowest BCUT2D eigenvalue weighted by Crippen LogP contribution is -2.64. The molecule has 0 saturated carbocycles. The molecule has 200 valence electrons. The van der Waals surface area contributed by atoms with E-state index in [0.717, 1.165) is 32.4 Å². The van der Waals surface area contributed by atoms with Crippen LogP contribution in [0.1, 0.15) is 15.9 Å². The summed E-state index contributed by atoms with van der Waals surface area (Å²) in [5.41, 5.74) is 3.14. The number of rotatable bonds is 6. The van der Waals surface area contributed by atoms with Crippen LogP contribution in [0.2, 0.25) is 0 Å². The summed E-state index contributed by atoms with van der Waals surface area (Å²) in [4.78, 5) is 17.9. The minimum atomic E-state index is -1.60. The summed E-state index contributed by atoms with van der Waals surface area (Å²) in [6.45, 7) is -0.0791. The SMILES string of the molecule is O=C(N[C@H]1C(O)O[C@H](CO)[C@@H](O)C1O)c1cn(Cc2ccc3ccccc3c2)c2cc(-c3nccs3)ccc12. The minimum Gasteiger partial charge on any atom is -0.394 e. The van der Waals surface area contributed by atoms with Crippen LogP contribution in [0.15, 0.2) is 78.4 Å². The maximum atomic E-state index is 13.5. The fraction of sp³-hybridized carbons (Fsp3) is 0.241. The summed E-state index contributed by atoms with van der Waals surface area (Å²) in [7, 11) is 0. The lowest BCUT2D eigenvalue weighted by molar-refractivity contribution is -0.252. The molecule has 9 nitrogen and oxygen atoms in total. The van der Waals surface area contributed by atoms with E-state index in [1.54, 1.807) is 12.4 Å². The van der Waals surface area contributed by atoms with E-state index in [1.807, 2.05) is 40.3 Å². The molecule has 2 aromatic heterocycles. The quantitative estimate of drug-likeness (QED) is 0.221. The summed E-state index contributed by atoms with van der Waals surface area (Å²) in [6, 6.07) is 18.8. The highest BCUT2D eigenvalue weighted by molar-refractivity contribution is 7.13. The molecule has 6 rings (SSSR count). The molecule has 3 aromatic carbocycles. The molecule has 3 heterocycles. The van der Waals surface area contributed by atoms with E-state index in [2.05, 4.69) is 40.6 Å². The number of aliphatic hydroxyl groups is 4. The highest BCUT2D eigenvalue weighted by Crippen LogP contribution is 2.30. The van der Waals surface area contributed by atoms with Crippen molar-refractivity contribution in [1.82, 2.24) is 14.9 Å². The molecule has 1 aliphatic rings. The fourth-order valence-electron chi connectivity index (χ4n) is 5.12. The summed E-state index contributed by atoms with van der Waals surface area (Å²) in [6.07, 6.45) is -2.27. The fourth-order valence-corrected chi connectivity index (χ4v) is 5.75. The zero-order valence-corrected chi connectivity index (χ0v) is 21.5. The van der Waals surface area contributed by atoms with Crippen LogP contribution in [-0.2, 0) is 11.3 Å². The van der Waals surface area contributed by atoms with Crippen molar-refractivity contribution >= 4 is 38.9 Å². The number of thiazole rings is 1. The number of aliphatic hydroxyl groups excluding tert-OH is 4. The number of amides is 1. The van der Waals surface area contributed by atoms with Gasteiger partial charge in [0, 0.05) is 40.8 Å². The van der Waals surface area contributed by atoms with Crippen molar-refractivity contribution in [1.29, 1.82) is 0 Å². The molecule has 39 heavy (non-hydrogen) atoms. The molecule has 1 fully saturated rings. The van der Waals surface area contributed by atoms with Crippen LogP contribution in [0, 0.1) is 0 Å². The van der Waals surface area contributed by atoms with E-state index < -0.39 is 43.2 Å². The normalized spacial score (nSPS) is 23.3. The van der Waals surface area contributed by atoms with Crippen molar-refractivity contribution in [3.05, 3.63) is 89.6 Å². The van der Waals surface area contributed by atoms with Crippen LogP contribution in [0.4, 0.5) is 0 Å². The second kappa shape index (κ2) is 10.5. The van der Waals surface area contributed by atoms with E-state index in [4.69, 9.17) is 4.74 Å². The van der Waals surface area contributed by atoms with Gasteiger partial charge >= 0.3 is 0 Å². The number of carbonyl (C=O) groups excluding carboxylic acids is 1. The van der Waals surface area contributed by atoms with Crippen molar-refractivity contribution in [2.75, 3.05) is 6.61 Å². The van der Waals surface area contributed by atoms with Gasteiger partial charge in [-0.05, 0) is 28.5 Å². The number of hydrogen-bond donors (Lipinski definition) is 5. The van der Waals surface area contributed by atoms with Gasteiger partial charge in [0.15, 0.2) is 6.29 Å². The molecule has 2 unspecified atom stereocenters. The summed E-state index contributed by atoms with van der Waals surface area (Å²) in [5, 5.41) is 48.8. The van der Waals surface area contributed by atoms with Gasteiger partial charge in [-0.25, -0.2) is 4.98 Å². The molecular weight excluding hydrogens is 518 g/mol. The van der Waals surface area contributed by atoms with Crippen molar-refractivity contribution in [3.63, 3.8) is 0 Å². The molecule has 0 radical (unpaired) electrons. The number of hydrogen-bond acceptors (Lipinski definition) is 8. The first kappa shape index (κ1) is 25.6. The third-order valence-electron chi connectivity index (χ3n) is 7.17. The standard InChI is InChI=1S/C29H27N3O6S/c33-15-23-25(34)26(35)24(29(37)38-23)31-27(36)21-14-32(13-16-5-6-17-3-1-2-4-18(17)11-16)22-12-19(7-8-20(21)22)28-30-9-10-39-28/h1-12,14,23-26,29,33-35,37H,13,15H2,(H,31,36)/t23-,24-,25-,26?,29?/m1/s1.